The highest BCUT2D eigenvalue weighted by Crippen LogP contribution is 2.39. The normalized spacial score (nSPS) is 26.0. The minimum atomic E-state index is -0.442. The van der Waals surface area contributed by atoms with Gasteiger partial charge in [0.25, 0.3) is 0 Å². The lowest BCUT2D eigenvalue weighted by Crippen LogP contribution is -2.31. The van der Waals surface area contributed by atoms with Crippen molar-refractivity contribution in [3.63, 3.8) is 0 Å². The van der Waals surface area contributed by atoms with Gasteiger partial charge in [-0.1, -0.05) is 43.4 Å². The van der Waals surface area contributed by atoms with Gasteiger partial charge in [-0.25, -0.2) is 4.39 Å². The van der Waals surface area contributed by atoms with E-state index in [2.05, 4.69) is 6.07 Å². The Bertz CT molecular complexity index is 551. The van der Waals surface area contributed by atoms with Gasteiger partial charge in [0, 0.05) is 17.8 Å². The Labute approximate surface area is 107 Å². The summed E-state index contributed by atoms with van der Waals surface area (Å²) in [5.74, 6) is -0.176. The summed E-state index contributed by atoms with van der Waals surface area (Å²) in [6.07, 6.45) is 8.22. The average Bonchev–Trinajstić information content (AvgIpc) is 2.32. The fraction of sp³-hybridized carbons (Fsp3) is 0.312. The quantitative estimate of drug-likeness (QED) is 0.766. The second-order valence-electron chi connectivity index (χ2n) is 4.98. The molecule has 0 fully saturated rings. The highest BCUT2D eigenvalue weighted by Gasteiger charge is 2.35. The summed E-state index contributed by atoms with van der Waals surface area (Å²) in [5, 5.41) is 8.91. The average molecular weight is 241 g/mol. The van der Waals surface area contributed by atoms with Gasteiger partial charge in [-0.15, -0.1) is 0 Å². The molecule has 0 amide bonds. The maximum Gasteiger partial charge on any atom is 0.127 e. The van der Waals surface area contributed by atoms with Crippen molar-refractivity contribution in [2.24, 2.45) is 5.92 Å². The van der Waals surface area contributed by atoms with E-state index in [1.807, 2.05) is 50.3 Å². The molecule has 0 radical (unpaired) electrons. The molecule has 0 aromatic heterocycles. The van der Waals surface area contributed by atoms with E-state index < -0.39 is 5.41 Å². The molecule has 1 aromatic carbocycles. The van der Waals surface area contributed by atoms with Crippen LogP contribution in [-0.4, -0.2) is 0 Å². The Balaban J connectivity index is 2.49. The smallest absolute Gasteiger partial charge is 0.127 e. The highest BCUT2D eigenvalue weighted by atomic mass is 19.1. The molecule has 2 heteroatoms. The second-order valence-corrected chi connectivity index (χ2v) is 4.98. The van der Waals surface area contributed by atoms with Crippen molar-refractivity contribution in [3.8, 4) is 6.07 Å². The van der Waals surface area contributed by atoms with Gasteiger partial charge < -0.3 is 0 Å². The van der Waals surface area contributed by atoms with Gasteiger partial charge in [0.05, 0.1) is 6.07 Å². The first-order valence-electron chi connectivity index (χ1n) is 6.07. The molecule has 0 bridgehead atoms. The van der Waals surface area contributed by atoms with Gasteiger partial charge in [0.2, 0.25) is 0 Å². The monoisotopic (exact) mass is 241 g/mol. The molecule has 92 valence electrons. The first-order valence-corrected chi connectivity index (χ1v) is 6.07. The van der Waals surface area contributed by atoms with E-state index in [0.717, 1.165) is 5.56 Å². The number of nitriles is 1. The number of nitrogens with zero attached hydrogens (tertiary/aromatic N) is 1. The van der Waals surface area contributed by atoms with Crippen molar-refractivity contribution >= 4 is 0 Å². The second kappa shape index (κ2) is 4.78. The van der Waals surface area contributed by atoms with Crippen molar-refractivity contribution in [3.05, 3.63) is 59.4 Å². The molecule has 1 aliphatic carbocycles. The first-order chi connectivity index (χ1) is 8.58. The number of benzene rings is 1. The number of hydrogen-bond acceptors (Lipinski definition) is 1. The minimum Gasteiger partial charge on any atom is -0.207 e. The van der Waals surface area contributed by atoms with Crippen molar-refractivity contribution in [1.29, 1.82) is 5.26 Å². The van der Waals surface area contributed by atoms with Crippen LogP contribution in [0.4, 0.5) is 4.39 Å². The number of aryl methyl sites for hydroxylation is 1. The standard InChI is InChI=1S/C16H16FN/c1-12-6-7-14(15(17)11-12)16(2)9-4-3-5-13(16)8-10-18/h3-7,9,11,13H,8H2,1-2H3. The van der Waals surface area contributed by atoms with Crippen LogP contribution in [0.5, 0.6) is 0 Å². The molecular formula is C16H16FN. The predicted molar refractivity (Wildman–Crippen MR) is 70.5 cm³/mol. The largest absolute Gasteiger partial charge is 0.207 e. The van der Waals surface area contributed by atoms with E-state index >= 15 is 0 Å². The molecule has 1 aromatic rings. The van der Waals surface area contributed by atoms with E-state index in [-0.39, 0.29) is 11.7 Å². The first kappa shape index (κ1) is 12.6. The third kappa shape index (κ3) is 2.09. The Kier molecular flexibility index (Phi) is 3.34. The molecule has 0 aliphatic heterocycles. The maximum absolute atomic E-state index is 14.2. The molecule has 0 N–H and O–H groups in total. The van der Waals surface area contributed by atoms with Crippen LogP contribution in [0.25, 0.3) is 0 Å². The molecule has 0 saturated heterocycles. The van der Waals surface area contributed by atoms with Gasteiger partial charge in [0.15, 0.2) is 0 Å². The zero-order valence-corrected chi connectivity index (χ0v) is 10.7. The van der Waals surface area contributed by atoms with Gasteiger partial charge in [-0.2, -0.15) is 5.26 Å². The molecule has 0 heterocycles. The molecule has 2 rings (SSSR count). The lowest BCUT2D eigenvalue weighted by molar-refractivity contribution is 0.411. The van der Waals surface area contributed by atoms with Crippen LogP contribution in [0.1, 0.15) is 24.5 Å². The molecule has 1 nitrogen and oxygen atoms in total. The summed E-state index contributed by atoms with van der Waals surface area (Å²) < 4.78 is 14.2. The van der Waals surface area contributed by atoms with Crippen molar-refractivity contribution < 1.29 is 4.39 Å². The van der Waals surface area contributed by atoms with E-state index in [1.54, 1.807) is 6.07 Å². The summed E-state index contributed by atoms with van der Waals surface area (Å²) in [6.45, 7) is 3.86. The Hall–Kier alpha value is -1.88. The predicted octanol–water partition coefficient (Wildman–Crippen LogP) is 4.05. The number of rotatable bonds is 2. The van der Waals surface area contributed by atoms with Crippen molar-refractivity contribution in [1.82, 2.24) is 0 Å². The molecule has 2 unspecified atom stereocenters. The zero-order valence-electron chi connectivity index (χ0n) is 10.7. The zero-order chi connectivity index (χ0) is 13.2. The van der Waals surface area contributed by atoms with Crippen LogP contribution in [0.15, 0.2) is 42.5 Å². The SMILES string of the molecule is Cc1ccc(C2(C)C=CC=CC2CC#N)c(F)c1. The highest BCUT2D eigenvalue weighted by molar-refractivity contribution is 5.39. The minimum absolute atomic E-state index is 0.0182. The molecule has 1 aliphatic rings. The van der Waals surface area contributed by atoms with E-state index in [4.69, 9.17) is 5.26 Å². The van der Waals surface area contributed by atoms with E-state index in [1.165, 1.54) is 0 Å². The molecule has 0 spiro atoms. The van der Waals surface area contributed by atoms with Crippen LogP contribution in [0.2, 0.25) is 0 Å². The van der Waals surface area contributed by atoms with Crippen LogP contribution < -0.4 is 0 Å². The van der Waals surface area contributed by atoms with Crippen LogP contribution in [-0.2, 0) is 5.41 Å². The third-order valence-electron chi connectivity index (χ3n) is 3.68. The summed E-state index contributed by atoms with van der Waals surface area (Å²) in [7, 11) is 0. The fourth-order valence-corrected chi connectivity index (χ4v) is 2.50. The topological polar surface area (TPSA) is 23.8 Å². The third-order valence-corrected chi connectivity index (χ3v) is 3.68. The maximum atomic E-state index is 14.2. The summed E-state index contributed by atoms with van der Waals surface area (Å²) in [6, 6.07) is 7.49. The van der Waals surface area contributed by atoms with Crippen LogP contribution in [0, 0.1) is 30.0 Å². The number of halogens is 1. The van der Waals surface area contributed by atoms with Crippen molar-refractivity contribution in [2.45, 2.75) is 25.7 Å². The Morgan fingerprint density at radius 2 is 2.17 bits per heavy atom. The summed E-state index contributed by atoms with van der Waals surface area (Å²) in [4.78, 5) is 0. The Morgan fingerprint density at radius 1 is 1.39 bits per heavy atom. The molecule has 18 heavy (non-hydrogen) atoms. The van der Waals surface area contributed by atoms with Gasteiger partial charge in [-0.3, -0.25) is 0 Å². The van der Waals surface area contributed by atoms with Crippen LogP contribution >= 0.6 is 0 Å². The van der Waals surface area contributed by atoms with Gasteiger partial charge in [-0.05, 0) is 24.1 Å². The lowest BCUT2D eigenvalue weighted by Gasteiger charge is -2.35. The van der Waals surface area contributed by atoms with Crippen molar-refractivity contribution in [2.75, 3.05) is 0 Å². The van der Waals surface area contributed by atoms with E-state index in [9.17, 15) is 4.39 Å². The van der Waals surface area contributed by atoms with Crippen LogP contribution in [0.3, 0.4) is 0 Å². The summed E-state index contributed by atoms with van der Waals surface area (Å²) in [5.41, 5.74) is 1.13. The Morgan fingerprint density at radius 3 is 2.83 bits per heavy atom. The molecular weight excluding hydrogens is 225 g/mol. The molecule has 2 atom stereocenters. The number of hydrogen-bond donors (Lipinski definition) is 0. The van der Waals surface area contributed by atoms with Gasteiger partial charge in [0.1, 0.15) is 5.82 Å². The fourth-order valence-electron chi connectivity index (χ4n) is 2.50. The molecule has 0 saturated carbocycles. The van der Waals surface area contributed by atoms with E-state index in [0.29, 0.717) is 12.0 Å². The van der Waals surface area contributed by atoms with Gasteiger partial charge >= 0.3 is 0 Å². The number of allylic oxidation sites excluding steroid dienone is 4. The summed E-state index contributed by atoms with van der Waals surface area (Å²) >= 11 is 0. The lowest BCUT2D eigenvalue weighted by atomic mass is 9.68.